The highest BCUT2D eigenvalue weighted by atomic mass is 16.5. The van der Waals surface area contributed by atoms with Gasteiger partial charge in [-0.15, -0.1) is 0 Å². The maximum Gasteiger partial charge on any atom is 0.287 e. The Bertz CT molecular complexity index is 715. The minimum Gasteiger partial charge on any atom is -0.459 e. The third-order valence-corrected chi connectivity index (χ3v) is 4.36. The van der Waals surface area contributed by atoms with Crippen molar-refractivity contribution in [2.45, 2.75) is 32.4 Å². The van der Waals surface area contributed by atoms with Crippen LogP contribution in [0.3, 0.4) is 0 Å². The Balaban J connectivity index is 1.70. The largest absolute Gasteiger partial charge is 0.459 e. The molecule has 1 aliphatic rings. The zero-order valence-electron chi connectivity index (χ0n) is 14.2. The molecule has 0 saturated carbocycles. The Labute approximate surface area is 141 Å². The minimum absolute atomic E-state index is 0.114. The number of ether oxygens (including phenoxy) is 1. The van der Waals surface area contributed by atoms with Crippen LogP contribution in [0.15, 0.2) is 29.1 Å². The van der Waals surface area contributed by atoms with Gasteiger partial charge in [0.2, 0.25) is 0 Å². The van der Waals surface area contributed by atoms with Crippen molar-refractivity contribution >= 4 is 11.7 Å². The number of furan rings is 1. The molecule has 0 aliphatic carbocycles. The molecule has 3 rings (SSSR count). The van der Waals surface area contributed by atoms with Gasteiger partial charge in [-0.3, -0.25) is 4.79 Å². The van der Waals surface area contributed by atoms with E-state index in [0.29, 0.717) is 12.3 Å². The number of hydrogen-bond acceptors (Lipinski definition) is 6. The molecule has 128 valence electrons. The van der Waals surface area contributed by atoms with Crippen LogP contribution in [0.1, 0.15) is 28.2 Å². The first-order valence-electron chi connectivity index (χ1n) is 7.99. The van der Waals surface area contributed by atoms with Crippen molar-refractivity contribution in [2.24, 2.45) is 0 Å². The Morgan fingerprint density at radius 3 is 2.96 bits per heavy atom. The molecule has 2 aromatic heterocycles. The topological polar surface area (TPSA) is 80.5 Å². The fourth-order valence-corrected chi connectivity index (χ4v) is 3.01. The first kappa shape index (κ1) is 16.4. The molecule has 0 unspecified atom stereocenters. The van der Waals surface area contributed by atoms with Crippen LogP contribution >= 0.6 is 0 Å². The Morgan fingerprint density at radius 1 is 1.46 bits per heavy atom. The SMILES string of the molecule is CO[C@H]1C[C@@H](CNC(=O)c2occc2C)N(c2cc(C)ncn2)C1. The molecule has 0 spiro atoms. The smallest absolute Gasteiger partial charge is 0.287 e. The van der Waals surface area contributed by atoms with E-state index in [9.17, 15) is 4.79 Å². The van der Waals surface area contributed by atoms with Crippen molar-refractivity contribution in [3.63, 3.8) is 0 Å². The highest BCUT2D eigenvalue weighted by molar-refractivity contribution is 5.92. The minimum atomic E-state index is -0.197. The Morgan fingerprint density at radius 2 is 2.29 bits per heavy atom. The summed E-state index contributed by atoms with van der Waals surface area (Å²) < 4.78 is 10.7. The standard InChI is InChI=1S/C17H22N4O3/c1-11-4-5-24-16(11)17(22)18-8-13-7-14(23-3)9-21(13)15-6-12(2)19-10-20-15/h4-6,10,13-14H,7-9H2,1-3H3,(H,18,22)/t13-,14-/m0/s1. The van der Waals surface area contributed by atoms with Gasteiger partial charge in [-0.2, -0.15) is 0 Å². The van der Waals surface area contributed by atoms with Crippen LogP contribution in [0.5, 0.6) is 0 Å². The molecule has 3 heterocycles. The average Bonchev–Trinajstić information content (AvgIpc) is 3.18. The van der Waals surface area contributed by atoms with Crippen LogP contribution in [0.4, 0.5) is 5.82 Å². The fourth-order valence-electron chi connectivity index (χ4n) is 3.01. The molecule has 1 amide bonds. The van der Waals surface area contributed by atoms with Crippen molar-refractivity contribution in [1.29, 1.82) is 0 Å². The maximum atomic E-state index is 12.3. The molecule has 1 fully saturated rings. The number of carbonyl (C=O) groups is 1. The summed E-state index contributed by atoms with van der Waals surface area (Å²) in [4.78, 5) is 22.9. The molecule has 2 atom stereocenters. The van der Waals surface area contributed by atoms with Crippen LogP contribution in [-0.4, -0.2) is 48.2 Å². The molecule has 0 aromatic carbocycles. The number of aromatic nitrogens is 2. The predicted molar refractivity (Wildman–Crippen MR) is 89.1 cm³/mol. The maximum absolute atomic E-state index is 12.3. The first-order valence-corrected chi connectivity index (χ1v) is 7.99. The molecule has 24 heavy (non-hydrogen) atoms. The first-order chi connectivity index (χ1) is 11.6. The lowest BCUT2D eigenvalue weighted by Crippen LogP contribution is -2.40. The van der Waals surface area contributed by atoms with E-state index in [2.05, 4.69) is 20.2 Å². The molecular weight excluding hydrogens is 308 g/mol. The number of amides is 1. The van der Waals surface area contributed by atoms with Gasteiger partial charge in [-0.05, 0) is 26.3 Å². The molecule has 1 N–H and O–H groups in total. The van der Waals surface area contributed by atoms with Gasteiger partial charge in [-0.1, -0.05) is 0 Å². The molecule has 0 bridgehead atoms. The summed E-state index contributed by atoms with van der Waals surface area (Å²) in [5.41, 5.74) is 1.74. The second kappa shape index (κ2) is 7.00. The molecule has 2 aromatic rings. The van der Waals surface area contributed by atoms with Crippen molar-refractivity contribution in [2.75, 3.05) is 25.1 Å². The molecule has 1 saturated heterocycles. The molecule has 7 heteroatoms. The van der Waals surface area contributed by atoms with Gasteiger partial charge in [0.05, 0.1) is 18.4 Å². The van der Waals surface area contributed by atoms with E-state index in [-0.39, 0.29) is 18.1 Å². The number of nitrogens with one attached hydrogen (secondary N) is 1. The zero-order chi connectivity index (χ0) is 17.1. The van der Waals surface area contributed by atoms with Crippen molar-refractivity contribution in [3.05, 3.63) is 41.7 Å². The number of aryl methyl sites for hydroxylation is 2. The van der Waals surface area contributed by atoms with Crippen LogP contribution < -0.4 is 10.2 Å². The van der Waals surface area contributed by atoms with Gasteiger partial charge in [0.15, 0.2) is 5.76 Å². The van der Waals surface area contributed by atoms with Crippen LogP contribution in [0, 0.1) is 13.8 Å². The lowest BCUT2D eigenvalue weighted by Gasteiger charge is -2.25. The van der Waals surface area contributed by atoms with E-state index in [0.717, 1.165) is 30.0 Å². The number of hydrogen-bond donors (Lipinski definition) is 1. The molecule has 7 nitrogen and oxygen atoms in total. The fraction of sp³-hybridized carbons (Fsp3) is 0.471. The van der Waals surface area contributed by atoms with Crippen molar-refractivity contribution in [3.8, 4) is 0 Å². The van der Waals surface area contributed by atoms with Gasteiger partial charge in [-0.25, -0.2) is 9.97 Å². The quantitative estimate of drug-likeness (QED) is 0.899. The van der Waals surface area contributed by atoms with Crippen LogP contribution in [0.2, 0.25) is 0 Å². The van der Waals surface area contributed by atoms with Gasteiger partial charge < -0.3 is 19.4 Å². The summed E-state index contributed by atoms with van der Waals surface area (Å²) in [5, 5.41) is 2.95. The van der Waals surface area contributed by atoms with E-state index in [1.54, 1.807) is 19.5 Å². The Hall–Kier alpha value is -2.41. The third kappa shape index (κ3) is 3.41. The van der Waals surface area contributed by atoms with E-state index >= 15 is 0 Å². The number of anilines is 1. The highest BCUT2D eigenvalue weighted by Gasteiger charge is 2.33. The summed E-state index contributed by atoms with van der Waals surface area (Å²) in [5.74, 6) is 1.02. The molecular formula is C17H22N4O3. The predicted octanol–water partition coefficient (Wildman–Crippen LogP) is 1.71. The van der Waals surface area contributed by atoms with Gasteiger partial charge >= 0.3 is 0 Å². The van der Waals surface area contributed by atoms with Crippen molar-refractivity contribution in [1.82, 2.24) is 15.3 Å². The average molecular weight is 330 g/mol. The summed E-state index contributed by atoms with van der Waals surface area (Å²) >= 11 is 0. The summed E-state index contributed by atoms with van der Waals surface area (Å²) in [6.45, 7) is 5.03. The summed E-state index contributed by atoms with van der Waals surface area (Å²) in [6, 6.07) is 3.84. The van der Waals surface area contributed by atoms with E-state index in [4.69, 9.17) is 9.15 Å². The second-order valence-electron chi connectivity index (χ2n) is 6.06. The van der Waals surface area contributed by atoms with Crippen LogP contribution in [0.25, 0.3) is 0 Å². The number of carbonyl (C=O) groups excluding carboxylic acids is 1. The van der Waals surface area contributed by atoms with Gasteiger partial charge in [0.25, 0.3) is 5.91 Å². The van der Waals surface area contributed by atoms with E-state index in [1.807, 2.05) is 19.9 Å². The van der Waals surface area contributed by atoms with E-state index in [1.165, 1.54) is 6.26 Å². The normalized spacial score (nSPS) is 20.4. The summed E-state index contributed by atoms with van der Waals surface area (Å²) in [6.07, 6.45) is 4.04. The monoisotopic (exact) mass is 330 g/mol. The number of rotatable bonds is 5. The zero-order valence-corrected chi connectivity index (χ0v) is 14.2. The molecule has 0 radical (unpaired) electrons. The highest BCUT2D eigenvalue weighted by Crippen LogP contribution is 2.25. The third-order valence-electron chi connectivity index (χ3n) is 4.36. The lowest BCUT2D eigenvalue weighted by atomic mass is 10.2. The van der Waals surface area contributed by atoms with Gasteiger partial charge in [0.1, 0.15) is 12.1 Å². The lowest BCUT2D eigenvalue weighted by molar-refractivity contribution is 0.0918. The summed E-state index contributed by atoms with van der Waals surface area (Å²) in [7, 11) is 1.71. The Kier molecular flexibility index (Phi) is 4.80. The number of methoxy groups -OCH3 is 1. The molecule has 1 aliphatic heterocycles. The van der Waals surface area contributed by atoms with E-state index < -0.39 is 0 Å². The second-order valence-corrected chi connectivity index (χ2v) is 6.06. The van der Waals surface area contributed by atoms with Crippen molar-refractivity contribution < 1.29 is 13.9 Å². The van der Waals surface area contributed by atoms with Gasteiger partial charge in [0, 0.05) is 37.5 Å². The van der Waals surface area contributed by atoms with Crippen LogP contribution in [-0.2, 0) is 4.74 Å². The number of nitrogens with zero attached hydrogens (tertiary/aromatic N) is 3.